The molecule has 0 fully saturated rings. The van der Waals surface area contributed by atoms with Crippen molar-refractivity contribution in [1.82, 2.24) is 4.72 Å². The molecule has 0 aromatic heterocycles. The van der Waals surface area contributed by atoms with E-state index in [1.807, 2.05) is 14.1 Å². The zero-order valence-electron chi connectivity index (χ0n) is 11.4. The topological polar surface area (TPSA) is 120 Å². The van der Waals surface area contributed by atoms with Crippen LogP contribution in [0, 0.1) is 10.1 Å². The molecule has 0 heterocycles. The van der Waals surface area contributed by atoms with Crippen LogP contribution < -0.4 is 15.4 Å². The van der Waals surface area contributed by atoms with Crippen molar-refractivity contribution < 1.29 is 18.2 Å². The molecule has 0 aliphatic rings. The second-order valence-electron chi connectivity index (χ2n) is 4.69. The number of nitro groups is 1. The van der Waals surface area contributed by atoms with E-state index in [2.05, 4.69) is 4.72 Å². The van der Waals surface area contributed by atoms with E-state index in [1.165, 1.54) is 17.0 Å². The van der Waals surface area contributed by atoms with Gasteiger partial charge < -0.3 is 10.6 Å². The van der Waals surface area contributed by atoms with Crippen LogP contribution in [0.5, 0.6) is 0 Å². The lowest BCUT2D eigenvalue weighted by molar-refractivity contribution is -0.858. The molecule has 0 amide bonds. The van der Waals surface area contributed by atoms with Crippen LogP contribution in [0.3, 0.4) is 0 Å². The van der Waals surface area contributed by atoms with Crippen LogP contribution in [0.2, 0.25) is 0 Å². The van der Waals surface area contributed by atoms with Crippen molar-refractivity contribution in [2.75, 3.05) is 32.9 Å². The minimum absolute atomic E-state index is 0.0647. The smallest absolute Gasteiger partial charge is 0.293 e. The molecule has 0 saturated heterocycles. The Balaban J connectivity index is 2.82. The van der Waals surface area contributed by atoms with E-state index in [4.69, 9.17) is 5.73 Å². The summed E-state index contributed by atoms with van der Waals surface area (Å²) in [7, 11) is 0.190. The van der Waals surface area contributed by atoms with Crippen LogP contribution in [0.1, 0.15) is 6.42 Å². The Bertz CT molecular complexity index is 586. The van der Waals surface area contributed by atoms with Crippen molar-refractivity contribution in [2.45, 2.75) is 11.3 Å². The van der Waals surface area contributed by atoms with Gasteiger partial charge in [0.25, 0.3) is 5.69 Å². The highest BCUT2D eigenvalue weighted by Crippen LogP contribution is 2.24. The van der Waals surface area contributed by atoms with E-state index in [0.717, 1.165) is 12.6 Å². The fourth-order valence-corrected chi connectivity index (χ4v) is 2.67. The van der Waals surface area contributed by atoms with Gasteiger partial charge >= 0.3 is 0 Å². The second-order valence-corrected chi connectivity index (χ2v) is 6.45. The maximum atomic E-state index is 12.0. The highest BCUT2D eigenvalue weighted by molar-refractivity contribution is 7.89. The molecule has 4 N–H and O–H groups in total. The van der Waals surface area contributed by atoms with Crippen molar-refractivity contribution in [3.8, 4) is 0 Å². The van der Waals surface area contributed by atoms with Crippen molar-refractivity contribution in [3.05, 3.63) is 28.3 Å². The third-order valence-electron chi connectivity index (χ3n) is 2.65. The van der Waals surface area contributed by atoms with E-state index in [0.29, 0.717) is 6.42 Å². The lowest BCUT2D eigenvalue weighted by atomic mass is 10.3. The summed E-state index contributed by atoms with van der Waals surface area (Å²) in [6.07, 6.45) is 0.679. The Morgan fingerprint density at radius 2 is 2.05 bits per heavy atom. The maximum absolute atomic E-state index is 12.0. The van der Waals surface area contributed by atoms with Gasteiger partial charge in [0.2, 0.25) is 10.0 Å². The Hall–Kier alpha value is -1.71. The van der Waals surface area contributed by atoms with Crippen LogP contribution in [-0.4, -0.2) is 40.5 Å². The summed E-state index contributed by atoms with van der Waals surface area (Å²) in [5.41, 5.74) is 4.95. The number of nitrogens with one attached hydrogen (secondary N) is 2. The summed E-state index contributed by atoms with van der Waals surface area (Å²) in [4.78, 5) is 11.1. The molecule has 8 nitrogen and oxygen atoms in total. The number of nitrogens with zero attached hydrogens (tertiary/aromatic N) is 1. The quantitative estimate of drug-likeness (QED) is 0.258. The number of hydrogen-bond donors (Lipinski definition) is 3. The van der Waals surface area contributed by atoms with Crippen molar-refractivity contribution in [2.24, 2.45) is 0 Å². The predicted octanol–water partition coefficient (Wildman–Crippen LogP) is -1.01. The normalized spacial score (nSPS) is 11.8. The van der Waals surface area contributed by atoms with Gasteiger partial charge in [-0.3, -0.25) is 10.1 Å². The third kappa shape index (κ3) is 4.44. The first-order chi connectivity index (χ1) is 9.24. The summed E-state index contributed by atoms with van der Waals surface area (Å²) in [5, 5.41) is 10.7. The number of nitro benzene ring substituents is 1. The van der Waals surface area contributed by atoms with Crippen LogP contribution in [0.15, 0.2) is 23.1 Å². The molecule has 1 aromatic rings. The molecule has 0 spiro atoms. The molecule has 0 bridgehead atoms. The predicted molar refractivity (Wildman–Crippen MR) is 75.0 cm³/mol. The van der Waals surface area contributed by atoms with Gasteiger partial charge in [-0.1, -0.05) is 0 Å². The van der Waals surface area contributed by atoms with Crippen LogP contribution in [0.4, 0.5) is 11.4 Å². The lowest BCUT2D eigenvalue weighted by Gasteiger charge is -2.09. The average Bonchev–Trinajstić information content (AvgIpc) is 2.34. The average molecular weight is 303 g/mol. The minimum Gasteiger partial charge on any atom is -0.393 e. The first-order valence-corrected chi connectivity index (χ1v) is 7.55. The fraction of sp³-hybridized carbons (Fsp3) is 0.455. The van der Waals surface area contributed by atoms with Gasteiger partial charge in [-0.15, -0.1) is 0 Å². The molecular weight excluding hydrogens is 284 g/mol. The molecule has 9 heteroatoms. The maximum Gasteiger partial charge on any atom is 0.293 e. The Labute approximate surface area is 117 Å². The highest BCUT2D eigenvalue weighted by Gasteiger charge is 2.19. The monoisotopic (exact) mass is 303 g/mol. The zero-order valence-corrected chi connectivity index (χ0v) is 12.2. The SMILES string of the molecule is C[NH+](C)CCCNS(=O)(=O)c1ccc(N)c([N+](=O)[O-])c1. The Morgan fingerprint density at radius 3 is 2.60 bits per heavy atom. The molecule has 1 rings (SSSR count). The molecule has 0 atom stereocenters. The van der Waals surface area contributed by atoms with E-state index in [9.17, 15) is 18.5 Å². The molecule has 0 unspecified atom stereocenters. The van der Waals surface area contributed by atoms with Crippen molar-refractivity contribution in [3.63, 3.8) is 0 Å². The van der Waals surface area contributed by atoms with E-state index in [-0.39, 0.29) is 17.1 Å². The van der Waals surface area contributed by atoms with Gasteiger partial charge in [0.1, 0.15) is 5.69 Å². The first kappa shape index (κ1) is 16.3. The molecule has 0 saturated carbocycles. The zero-order chi connectivity index (χ0) is 15.3. The van der Waals surface area contributed by atoms with Crippen LogP contribution in [0.25, 0.3) is 0 Å². The van der Waals surface area contributed by atoms with Gasteiger partial charge in [0, 0.05) is 19.0 Å². The van der Waals surface area contributed by atoms with Gasteiger partial charge in [0.15, 0.2) is 0 Å². The van der Waals surface area contributed by atoms with Crippen molar-refractivity contribution >= 4 is 21.4 Å². The largest absolute Gasteiger partial charge is 0.393 e. The number of sulfonamides is 1. The Morgan fingerprint density at radius 1 is 1.40 bits per heavy atom. The van der Waals surface area contributed by atoms with E-state index < -0.39 is 20.6 Å². The standard InChI is InChI=1S/C11H18N4O4S/c1-14(2)7-3-6-13-20(18,19)9-4-5-10(12)11(8-9)15(16)17/h4-5,8,13H,3,6-7,12H2,1-2H3/p+1. The second kappa shape index (κ2) is 6.64. The van der Waals surface area contributed by atoms with Crippen LogP contribution >= 0.6 is 0 Å². The fourth-order valence-electron chi connectivity index (χ4n) is 1.58. The van der Waals surface area contributed by atoms with E-state index >= 15 is 0 Å². The third-order valence-corrected chi connectivity index (χ3v) is 4.11. The highest BCUT2D eigenvalue weighted by atomic mass is 32.2. The molecule has 0 aliphatic carbocycles. The molecule has 112 valence electrons. The van der Waals surface area contributed by atoms with Crippen molar-refractivity contribution in [1.29, 1.82) is 0 Å². The molecule has 20 heavy (non-hydrogen) atoms. The van der Waals surface area contributed by atoms with Gasteiger partial charge in [-0.2, -0.15) is 0 Å². The minimum atomic E-state index is -3.75. The molecular formula is C11H19N4O4S+. The number of hydrogen-bond acceptors (Lipinski definition) is 5. The van der Waals surface area contributed by atoms with Gasteiger partial charge in [-0.05, 0) is 12.1 Å². The summed E-state index contributed by atoms with van der Waals surface area (Å²) in [6.45, 7) is 1.11. The van der Waals surface area contributed by atoms with Crippen LogP contribution in [-0.2, 0) is 10.0 Å². The molecule has 0 aliphatic heterocycles. The van der Waals surface area contributed by atoms with Gasteiger partial charge in [-0.25, -0.2) is 13.1 Å². The van der Waals surface area contributed by atoms with E-state index in [1.54, 1.807) is 0 Å². The Kier molecular flexibility index (Phi) is 5.43. The summed E-state index contributed by atoms with van der Waals surface area (Å²) in [6, 6.07) is 3.44. The number of benzene rings is 1. The first-order valence-electron chi connectivity index (χ1n) is 6.06. The number of quaternary nitrogens is 1. The summed E-state index contributed by atoms with van der Waals surface area (Å²) < 4.78 is 26.4. The summed E-state index contributed by atoms with van der Waals surface area (Å²) in [5.74, 6) is 0. The van der Waals surface area contributed by atoms with Gasteiger partial charge in [0.05, 0.1) is 30.5 Å². The molecule has 1 aromatic carbocycles. The number of nitrogen functional groups attached to an aromatic ring is 1. The molecule has 0 radical (unpaired) electrons. The number of anilines is 1. The lowest BCUT2D eigenvalue weighted by Crippen LogP contribution is -3.05. The number of rotatable bonds is 7. The number of nitrogens with two attached hydrogens (primary N) is 1. The summed E-state index contributed by atoms with van der Waals surface area (Å²) >= 11 is 0.